The molecule has 0 spiro atoms. The average Bonchev–Trinajstić information content (AvgIpc) is 3.14. The van der Waals surface area contributed by atoms with Crippen LogP contribution in [0.25, 0.3) is 0 Å². The second-order valence-electron chi connectivity index (χ2n) is 7.97. The lowest BCUT2D eigenvalue weighted by Gasteiger charge is -2.31. The Hall–Kier alpha value is -1.68. The molecule has 2 aromatic rings. The SMILES string of the molecule is CC(C)(C)c1ccc(CCC(=O)N2CCC(c3nccs3)CC2)cc1. The zero-order chi connectivity index (χ0) is 17.9. The third-order valence-electron chi connectivity index (χ3n) is 5.10. The number of amides is 1. The van der Waals surface area contributed by atoms with Gasteiger partial charge in [-0.2, -0.15) is 0 Å². The molecule has 25 heavy (non-hydrogen) atoms. The Bertz CT molecular complexity index is 678. The highest BCUT2D eigenvalue weighted by Crippen LogP contribution is 2.29. The summed E-state index contributed by atoms with van der Waals surface area (Å²) in [5.74, 6) is 0.825. The molecule has 0 atom stereocenters. The summed E-state index contributed by atoms with van der Waals surface area (Å²) in [5.41, 5.74) is 2.77. The third kappa shape index (κ3) is 4.69. The first kappa shape index (κ1) is 18.1. The van der Waals surface area contributed by atoms with Crippen LogP contribution in [-0.4, -0.2) is 28.9 Å². The lowest BCUT2D eigenvalue weighted by Crippen LogP contribution is -2.38. The number of piperidine rings is 1. The summed E-state index contributed by atoms with van der Waals surface area (Å²) in [4.78, 5) is 19.0. The summed E-state index contributed by atoms with van der Waals surface area (Å²) in [5, 5.41) is 3.27. The van der Waals surface area contributed by atoms with Gasteiger partial charge in [0, 0.05) is 37.0 Å². The van der Waals surface area contributed by atoms with E-state index in [0.717, 1.165) is 32.4 Å². The Balaban J connectivity index is 1.47. The van der Waals surface area contributed by atoms with Gasteiger partial charge in [-0.25, -0.2) is 4.98 Å². The van der Waals surface area contributed by atoms with Crippen molar-refractivity contribution in [2.45, 2.75) is 57.8 Å². The van der Waals surface area contributed by atoms with E-state index in [0.29, 0.717) is 12.3 Å². The van der Waals surface area contributed by atoms with Gasteiger partial charge in [0.2, 0.25) is 5.91 Å². The van der Waals surface area contributed by atoms with Crippen LogP contribution in [0.5, 0.6) is 0 Å². The van der Waals surface area contributed by atoms with Crippen LogP contribution in [-0.2, 0) is 16.6 Å². The van der Waals surface area contributed by atoms with Crippen molar-refractivity contribution >= 4 is 17.2 Å². The molecule has 4 heteroatoms. The Kier molecular flexibility index (Phi) is 5.57. The van der Waals surface area contributed by atoms with Gasteiger partial charge in [-0.1, -0.05) is 45.0 Å². The van der Waals surface area contributed by atoms with Crippen molar-refractivity contribution in [1.29, 1.82) is 0 Å². The fourth-order valence-electron chi connectivity index (χ4n) is 3.39. The first-order valence-electron chi connectivity index (χ1n) is 9.20. The van der Waals surface area contributed by atoms with Crippen molar-refractivity contribution in [3.8, 4) is 0 Å². The first-order valence-corrected chi connectivity index (χ1v) is 10.1. The summed E-state index contributed by atoms with van der Waals surface area (Å²) < 4.78 is 0. The van der Waals surface area contributed by atoms with E-state index in [1.54, 1.807) is 11.3 Å². The quantitative estimate of drug-likeness (QED) is 0.790. The van der Waals surface area contributed by atoms with Crippen LogP contribution in [0.2, 0.25) is 0 Å². The molecule has 0 saturated carbocycles. The highest BCUT2D eigenvalue weighted by atomic mass is 32.1. The number of aromatic nitrogens is 1. The van der Waals surface area contributed by atoms with Crippen LogP contribution in [0.3, 0.4) is 0 Å². The second-order valence-corrected chi connectivity index (χ2v) is 8.90. The van der Waals surface area contributed by atoms with Crippen LogP contribution in [0, 0.1) is 0 Å². The predicted molar refractivity (Wildman–Crippen MR) is 104 cm³/mol. The summed E-state index contributed by atoms with van der Waals surface area (Å²) in [7, 11) is 0. The van der Waals surface area contributed by atoms with Gasteiger partial charge in [-0.05, 0) is 35.8 Å². The Labute approximate surface area is 155 Å². The standard InChI is InChI=1S/C21H28N2OS/c1-21(2,3)18-7-4-16(5-8-18)6-9-19(24)23-13-10-17(11-14-23)20-22-12-15-25-20/h4-5,7-8,12,15,17H,6,9-11,13-14H2,1-3H3. The molecule has 0 bridgehead atoms. The van der Waals surface area contributed by atoms with Crippen molar-refractivity contribution in [1.82, 2.24) is 9.88 Å². The maximum absolute atomic E-state index is 12.5. The van der Waals surface area contributed by atoms with E-state index >= 15 is 0 Å². The molecule has 1 aromatic heterocycles. The number of carbonyl (C=O) groups is 1. The van der Waals surface area contributed by atoms with E-state index < -0.39 is 0 Å². The zero-order valence-corrected chi connectivity index (χ0v) is 16.3. The van der Waals surface area contributed by atoms with E-state index in [-0.39, 0.29) is 11.3 Å². The number of benzene rings is 1. The molecule has 0 aliphatic carbocycles. The zero-order valence-electron chi connectivity index (χ0n) is 15.5. The predicted octanol–water partition coefficient (Wildman–Crippen LogP) is 4.78. The van der Waals surface area contributed by atoms with Crippen LogP contribution < -0.4 is 0 Å². The van der Waals surface area contributed by atoms with Gasteiger partial charge in [0.25, 0.3) is 0 Å². The molecular weight excluding hydrogens is 328 g/mol. The lowest BCUT2D eigenvalue weighted by atomic mass is 9.86. The number of thiazole rings is 1. The molecule has 1 amide bonds. The molecule has 2 heterocycles. The number of likely N-dealkylation sites (tertiary alicyclic amines) is 1. The third-order valence-corrected chi connectivity index (χ3v) is 6.03. The van der Waals surface area contributed by atoms with Gasteiger partial charge in [0.15, 0.2) is 0 Å². The fourth-order valence-corrected chi connectivity index (χ4v) is 4.20. The van der Waals surface area contributed by atoms with Crippen molar-refractivity contribution in [2.75, 3.05) is 13.1 Å². The molecule has 1 aliphatic heterocycles. The summed E-state index contributed by atoms with van der Waals surface area (Å²) >= 11 is 1.73. The van der Waals surface area contributed by atoms with Crippen LogP contribution >= 0.6 is 11.3 Å². The molecule has 3 nitrogen and oxygen atoms in total. The number of hydrogen-bond acceptors (Lipinski definition) is 3. The summed E-state index contributed by atoms with van der Waals surface area (Å²) in [6.45, 7) is 8.40. The van der Waals surface area contributed by atoms with E-state index in [4.69, 9.17) is 0 Å². The lowest BCUT2D eigenvalue weighted by molar-refractivity contribution is -0.132. The average molecular weight is 357 g/mol. The summed E-state index contributed by atoms with van der Waals surface area (Å²) in [6.07, 6.45) is 5.40. The Morgan fingerprint density at radius 1 is 1.20 bits per heavy atom. The van der Waals surface area contributed by atoms with Gasteiger partial charge < -0.3 is 4.90 Å². The Morgan fingerprint density at radius 2 is 1.88 bits per heavy atom. The maximum Gasteiger partial charge on any atom is 0.222 e. The van der Waals surface area contributed by atoms with Gasteiger partial charge in [-0.15, -0.1) is 11.3 Å². The van der Waals surface area contributed by atoms with Gasteiger partial charge in [0.1, 0.15) is 0 Å². The smallest absolute Gasteiger partial charge is 0.222 e. The van der Waals surface area contributed by atoms with Crippen LogP contribution in [0.4, 0.5) is 0 Å². The largest absolute Gasteiger partial charge is 0.343 e. The molecule has 1 aromatic carbocycles. The Morgan fingerprint density at radius 3 is 2.44 bits per heavy atom. The molecule has 0 radical (unpaired) electrons. The van der Waals surface area contributed by atoms with Gasteiger partial charge >= 0.3 is 0 Å². The van der Waals surface area contributed by atoms with Crippen molar-refractivity contribution in [2.24, 2.45) is 0 Å². The number of aryl methyl sites for hydroxylation is 1. The minimum Gasteiger partial charge on any atom is -0.343 e. The molecule has 134 valence electrons. The molecule has 0 N–H and O–H groups in total. The number of rotatable bonds is 4. The van der Waals surface area contributed by atoms with Crippen LogP contribution in [0.1, 0.15) is 62.1 Å². The fraction of sp³-hybridized carbons (Fsp3) is 0.524. The first-order chi connectivity index (χ1) is 11.9. The molecule has 1 saturated heterocycles. The number of hydrogen-bond donors (Lipinski definition) is 0. The van der Waals surface area contributed by atoms with E-state index in [1.165, 1.54) is 16.1 Å². The minimum absolute atomic E-state index is 0.177. The van der Waals surface area contributed by atoms with Crippen molar-refractivity contribution in [3.05, 3.63) is 52.0 Å². The minimum atomic E-state index is 0.177. The van der Waals surface area contributed by atoms with Gasteiger partial charge in [-0.3, -0.25) is 4.79 Å². The van der Waals surface area contributed by atoms with E-state index in [9.17, 15) is 4.79 Å². The highest BCUT2D eigenvalue weighted by molar-refractivity contribution is 7.09. The molecular formula is C21H28N2OS. The van der Waals surface area contributed by atoms with Gasteiger partial charge in [0.05, 0.1) is 5.01 Å². The van der Waals surface area contributed by atoms with E-state index in [1.807, 2.05) is 16.5 Å². The van der Waals surface area contributed by atoms with Crippen molar-refractivity contribution < 1.29 is 4.79 Å². The topological polar surface area (TPSA) is 33.2 Å². The number of carbonyl (C=O) groups excluding carboxylic acids is 1. The molecule has 1 aliphatic rings. The maximum atomic E-state index is 12.5. The van der Waals surface area contributed by atoms with E-state index in [2.05, 4.69) is 50.0 Å². The summed E-state index contributed by atoms with van der Waals surface area (Å²) in [6, 6.07) is 8.73. The normalized spacial score (nSPS) is 16.2. The number of nitrogens with zero attached hydrogens (tertiary/aromatic N) is 2. The van der Waals surface area contributed by atoms with Crippen molar-refractivity contribution in [3.63, 3.8) is 0 Å². The molecule has 3 rings (SSSR count). The highest BCUT2D eigenvalue weighted by Gasteiger charge is 2.24. The van der Waals surface area contributed by atoms with Crippen LogP contribution in [0.15, 0.2) is 35.8 Å². The second kappa shape index (κ2) is 7.69. The molecule has 1 fully saturated rings. The molecule has 0 unspecified atom stereocenters. The monoisotopic (exact) mass is 356 g/mol.